The summed E-state index contributed by atoms with van der Waals surface area (Å²) in [6, 6.07) is 10.7. The topological polar surface area (TPSA) is 40.5 Å². The third-order valence-electron chi connectivity index (χ3n) is 2.71. The number of hydrogen-bond acceptors (Lipinski definition) is 2. The van der Waals surface area contributed by atoms with Crippen LogP contribution in [0.4, 0.5) is 10.1 Å². The lowest BCUT2D eigenvalue weighted by atomic mass is 10.1. The summed E-state index contributed by atoms with van der Waals surface area (Å²) in [4.78, 5) is 13.4. The van der Waals surface area contributed by atoms with Crippen molar-refractivity contribution in [3.8, 4) is 5.75 Å². The van der Waals surface area contributed by atoms with Crippen LogP contribution in [-0.4, -0.2) is 18.1 Å². The second-order valence-corrected chi connectivity index (χ2v) is 5.14. The Morgan fingerprint density at radius 2 is 1.95 bits per heavy atom. The second kappa shape index (κ2) is 5.56. The lowest BCUT2D eigenvalue weighted by Crippen LogP contribution is -2.27. The van der Waals surface area contributed by atoms with Gasteiger partial charge in [-0.3, -0.25) is 4.79 Å². The number of amides is 1. The van der Waals surface area contributed by atoms with Crippen LogP contribution in [0.15, 0.2) is 42.5 Å². The van der Waals surface area contributed by atoms with Crippen molar-refractivity contribution in [3.63, 3.8) is 0 Å². The van der Waals surface area contributed by atoms with E-state index in [1.54, 1.807) is 24.3 Å². The van der Waals surface area contributed by atoms with E-state index in [-0.39, 0.29) is 17.3 Å². The number of carbonyl (C=O) groups excluding carboxylic acids is 1. The molecule has 5 heteroatoms. The Hall–Kier alpha value is -1.63. The third kappa shape index (κ3) is 2.86. The molecule has 0 heterocycles. The zero-order chi connectivity index (χ0) is 14.0. The monoisotopic (exact) mass is 371 g/mol. The summed E-state index contributed by atoms with van der Waals surface area (Å²) in [5, 5.41) is 9.60. The molecule has 0 aliphatic heterocycles. The molecule has 98 valence electrons. The minimum atomic E-state index is -0.465. The zero-order valence-electron chi connectivity index (χ0n) is 10.1. The highest BCUT2D eigenvalue weighted by Gasteiger charge is 2.17. The maximum Gasteiger partial charge on any atom is 0.258 e. The molecule has 0 aliphatic carbocycles. The van der Waals surface area contributed by atoms with Gasteiger partial charge in [-0.1, -0.05) is 12.1 Å². The Morgan fingerprint density at radius 1 is 1.26 bits per heavy atom. The SMILES string of the molecule is CN(C(=O)c1ccc(I)c(O)c1)c1ccccc1F. The summed E-state index contributed by atoms with van der Waals surface area (Å²) in [7, 11) is 1.50. The molecule has 1 amide bonds. The second-order valence-electron chi connectivity index (χ2n) is 3.98. The number of para-hydroxylation sites is 1. The molecule has 0 atom stereocenters. The van der Waals surface area contributed by atoms with Crippen LogP contribution in [0.2, 0.25) is 0 Å². The highest BCUT2D eigenvalue weighted by atomic mass is 127. The maximum atomic E-state index is 13.6. The predicted octanol–water partition coefficient (Wildman–Crippen LogP) is 3.41. The lowest BCUT2D eigenvalue weighted by Gasteiger charge is -2.18. The number of halogens is 2. The highest BCUT2D eigenvalue weighted by Crippen LogP contribution is 2.23. The summed E-state index contributed by atoms with van der Waals surface area (Å²) in [5.41, 5.74) is 0.509. The van der Waals surface area contributed by atoms with E-state index in [1.807, 2.05) is 22.6 Å². The third-order valence-corrected chi connectivity index (χ3v) is 3.62. The molecule has 19 heavy (non-hydrogen) atoms. The van der Waals surface area contributed by atoms with Crippen LogP contribution in [0.3, 0.4) is 0 Å². The molecule has 3 nitrogen and oxygen atoms in total. The fourth-order valence-electron chi connectivity index (χ4n) is 1.67. The van der Waals surface area contributed by atoms with E-state index < -0.39 is 5.82 Å². The number of phenolic OH excluding ortho intramolecular Hbond substituents is 1. The van der Waals surface area contributed by atoms with Crippen LogP contribution in [0.25, 0.3) is 0 Å². The number of aromatic hydroxyl groups is 1. The van der Waals surface area contributed by atoms with E-state index in [4.69, 9.17) is 0 Å². The molecule has 0 radical (unpaired) electrons. The van der Waals surface area contributed by atoms with Crippen LogP contribution in [0, 0.1) is 9.39 Å². The predicted molar refractivity (Wildman–Crippen MR) is 80.0 cm³/mol. The molecule has 0 aliphatic rings. The van der Waals surface area contributed by atoms with Crippen LogP contribution >= 0.6 is 22.6 Å². The fourth-order valence-corrected chi connectivity index (χ4v) is 2.01. The van der Waals surface area contributed by atoms with E-state index >= 15 is 0 Å². The number of rotatable bonds is 2. The molecule has 0 bridgehead atoms. The Morgan fingerprint density at radius 3 is 2.58 bits per heavy atom. The smallest absolute Gasteiger partial charge is 0.258 e. The van der Waals surface area contributed by atoms with Gasteiger partial charge in [-0.05, 0) is 52.9 Å². The Kier molecular flexibility index (Phi) is 4.04. The molecule has 0 saturated heterocycles. The number of anilines is 1. The lowest BCUT2D eigenvalue weighted by molar-refractivity contribution is 0.0992. The summed E-state index contributed by atoms with van der Waals surface area (Å²) < 4.78 is 14.3. The van der Waals surface area contributed by atoms with Crippen molar-refractivity contribution in [1.29, 1.82) is 0 Å². The van der Waals surface area contributed by atoms with Gasteiger partial charge >= 0.3 is 0 Å². The number of phenols is 1. The van der Waals surface area contributed by atoms with Crippen molar-refractivity contribution < 1.29 is 14.3 Å². The van der Waals surface area contributed by atoms with Crippen LogP contribution in [-0.2, 0) is 0 Å². The molecule has 0 unspecified atom stereocenters. The van der Waals surface area contributed by atoms with Gasteiger partial charge in [-0.15, -0.1) is 0 Å². The van der Waals surface area contributed by atoms with Gasteiger partial charge in [0.15, 0.2) is 0 Å². The van der Waals surface area contributed by atoms with E-state index in [1.165, 1.54) is 30.1 Å². The summed E-state index contributed by atoms with van der Waals surface area (Å²) in [6.07, 6.45) is 0. The van der Waals surface area contributed by atoms with Gasteiger partial charge in [0.05, 0.1) is 9.26 Å². The molecular formula is C14H11FINO2. The standard InChI is InChI=1S/C14H11FINO2/c1-17(12-5-3-2-4-10(12)15)14(19)9-6-7-11(16)13(18)8-9/h2-8,18H,1H3. The summed E-state index contributed by atoms with van der Waals surface area (Å²) in [5.74, 6) is -0.807. The Balaban J connectivity index is 2.34. The number of carbonyl (C=O) groups is 1. The Bertz CT molecular complexity index is 631. The first-order valence-electron chi connectivity index (χ1n) is 5.52. The van der Waals surface area contributed by atoms with Gasteiger partial charge in [-0.2, -0.15) is 0 Å². The number of hydrogen-bond donors (Lipinski definition) is 1. The van der Waals surface area contributed by atoms with Gasteiger partial charge in [0.2, 0.25) is 0 Å². The number of benzene rings is 2. The van der Waals surface area contributed by atoms with Gasteiger partial charge < -0.3 is 10.0 Å². The first-order valence-corrected chi connectivity index (χ1v) is 6.59. The molecule has 0 fully saturated rings. The van der Waals surface area contributed by atoms with Crippen molar-refractivity contribution >= 4 is 34.2 Å². The molecule has 2 aromatic carbocycles. The van der Waals surface area contributed by atoms with Crippen molar-refractivity contribution in [2.45, 2.75) is 0 Å². The molecular weight excluding hydrogens is 360 g/mol. The van der Waals surface area contributed by atoms with E-state index in [9.17, 15) is 14.3 Å². The molecule has 2 rings (SSSR count). The quantitative estimate of drug-likeness (QED) is 0.823. The van der Waals surface area contributed by atoms with Crippen molar-refractivity contribution in [3.05, 3.63) is 57.4 Å². The first-order chi connectivity index (χ1) is 9.00. The van der Waals surface area contributed by atoms with Gasteiger partial charge in [-0.25, -0.2) is 4.39 Å². The fraction of sp³-hybridized carbons (Fsp3) is 0.0714. The summed E-state index contributed by atoms with van der Waals surface area (Å²) >= 11 is 1.96. The van der Waals surface area contributed by atoms with Crippen LogP contribution in [0.1, 0.15) is 10.4 Å². The minimum absolute atomic E-state index is 0.0355. The number of nitrogens with zero attached hydrogens (tertiary/aromatic N) is 1. The molecule has 0 aromatic heterocycles. The molecule has 2 aromatic rings. The minimum Gasteiger partial charge on any atom is -0.507 e. The normalized spacial score (nSPS) is 10.3. The van der Waals surface area contributed by atoms with Crippen molar-refractivity contribution in [1.82, 2.24) is 0 Å². The van der Waals surface area contributed by atoms with Gasteiger partial charge in [0.1, 0.15) is 11.6 Å². The molecule has 0 spiro atoms. The molecule has 0 saturated carbocycles. The van der Waals surface area contributed by atoms with E-state index in [0.717, 1.165) is 0 Å². The van der Waals surface area contributed by atoms with Crippen molar-refractivity contribution in [2.75, 3.05) is 11.9 Å². The first kappa shape index (κ1) is 13.8. The zero-order valence-corrected chi connectivity index (χ0v) is 12.3. The van der Waals surface area contributed by atoms with Crippen LogP contribution < -0.4 is 4.90 Å². The van der Waals surface area contributed by atoms with Crippen molar-refractivity contribution in [2.24, 2.45) is 0 Å². The largest absolute Gasteiger partial charge is 0.507 e. The van der Waals surface area contributed by atoms with Gasteiger partial charge in [0.25, 0.3) is 5.91 Å². The maximum absolute atomic E-state index is 13.6. The average molecular weight is 371 g/mol. The van der Waals surface area contributed by atoms with E-state index in [2.05, 4.69) is 0 Å². The Labute approximate surface area is 123 Å². The summed E-state index contributed by atoms with van der Waals surface area (Å²) in [6.45, 7) is 0. The van der Waals surface area contributed by atoms with E-state index in [0.29, 0.717) is 9.13 Å². The van der Waals surface area contributed by atoms with Gasteiger partial charge in [0, 0.05) is 12.6 Å². The highest BCUT2D eigenvalue weighted by molar-refractivity contribution is 14.1. The van der Waals surface area contributed by atoms with Crippen LogP contribution in [0.5, 0.6) is 5.75 Å². The molecule has 1 N–H and O–H groups in total. The average Bonchev–Trinajstić information content (AvgIpc) is 2.41.